The van der Waals surface area contributed by atoms with Gasteiger partial charge in [0.15, 0.2) is 0 Å². The summed E-state index contributed by atoms with van der Waals surface area (Å²) in [4.78, 5) is 0. The SMILES string of the molecule is C=C[Si](C)(OCCCCCCCCCCCCC)O[Si](C)(C=C)OC(C(C)C)C(C)C. The lowest BCUT2D eigenvalue weighted by Crippen LogP contribution is -2.53. The van der Waals surface area contributed by atoms with Crippen LogP contribution >= 0.6 is 0 Å². The number of hydrogen-bond donors (Lipinski definition) is 0. The summed E-state index contributed by atoms with van der Waals surface area (Å²) in [6.07, 6.45) is 14.9. The zero-order valence-electron chi connectivity index (χ0n) is 22.0. The van der Waals surface area contributed by atoms with Crippen molar-refractivity contribution in [3.05, 3.63) is 24.6 Å². The fourth-order valence-corrected chi connectivity index (χ4v) is 10.2. The first-order chi connectivity index (χ1) is 14.6. The van der Waals surface area contributed by atoms with Gasteiger partial charge < -0.3 is 13.0 Å². The van der Waals surface area contributed by atoms with Crippen LogP contribution in [0.3, 0.4) is 0 Å². The van der Waals surface area contributed by atoms with Crippen LogP contribution in [0, 0.1) is 11.8 Å². The van der Waals surface area contributed by atoms with Crippen molar-refractivity contribution in [2.45, 2.75) is 124 Å². The Bertz CT molecular complexity index is 462. The van der Waals surface area contributed by atoms with Crippen molar-refractivity contribution >= 4 is 17.1 Å². The van der Waals surface area contributed by atoms with Crippen molar-refractivity contribution in [3.63, 3.8) is 0 Å². The van der Waals surface area contributed by atoms with Crippen LogP contribution in [0.4, 0.5) is 0 Å². The highest BCUT2D eigenvalue weighted by atomic mass is 28.5. The molecule has 0 heterocycles. The lowest BCUT2D eigenvalue weighted by molar-refractivity contribution is 0.0718. The highest BCUT2D eigenvalue weighted by Gasteiger charge is 2.42. The average Bonchev–Trinajstić information content (AvgIpc) is 2.72. The van der Waals surface area contributed by atoms with Crippen LogP contribution in [-0.2, 0) is 13.0 Å². The largest absolute Gasteiger partial charge is 0.409 e. The fourth-order valence-electron chi connectivity index (χ4n) is 4.00. The van der Waals surface area contributed by atoms with Gasteiger partial charge in [-0.25, -0.2) is 0 Å². The van der Waals surface area contributed by atoms with Crippen molar-refractivity contribution in [3.8, 4) is 0 Å². The Morgan fingerprint density at radius 3 is 1.48 bits per heavy atom. The second-order valence-electron chi connectivity index (χ2n) is 10.00. The molecule has 2 unspecified atom stereocenters. The van der Waals surface area contributed by atoms with E-state index in [1.165, 1.54) is 64.2 Å². The summed E-state index contributed by atoms with van der Waals surface area (Å²) < 4.78 is 19.3. The first-order valence-corrected chi connectivity index (χ1v) is 17.7. The third-order valence-corrected chi connectivity index (χ3v) is 12.2. The van der Waals surface area contributed by atoms with Crippen molar-refractivity contribution in [2.75, 3.05) is 6.61 Å². The zero-order chi connectivity index (χ0) is 23.8. The van der Waals surface area contributed by atoms with Gasteiger partial charge in [0.1, 0.15) is 0 Å². The molecule has 2 atom stereocenters. The minimum atomic E-state index is -2.54. The second-order valence-corrected chi connectivity index (χ2v) is 16.2. The molecule has 0 radical (unpaired) electrons. The van der Waals surface area contributed by atoms with Crippen LogP contribution in [0.1, 0.15) is 105 Å². The lowest BCUT2D eigenvalue weighted by atomic mass is 9.97. The van der Waals surface area contributed by atoms with E-state index >= 15 is 0 Å². The Morgan fingerprint density at radius 2 is 1.10 bits per heavy atom. The molecule has 0 N–H and O–H groups in total. The lowest BCUT2D eigenvalue weighted by Gasteiger charge is -2.38. The first-order valence-electron chi connectivity index (χ1n) is 12.9. The molecule has 0 amide bonds. The van der Waals surface area contributed by atoms with Gasteiger partial charge in [-0.3, -0.25) is 0 Å². The van der Waals surface area contributed by atoms with Crippen LogP contribution in [0.5, 0.6) is 0 Å². The van der Waals surface area contributed by atoms with E-state index in [0.29, 0.717) is 11.8 Å². The van der Waals surface area contributed by atoms with Crippen molar-refractivity contribution in [1.29, 1.82) is 0 Å². The van der Waals surface area contributed by atoms with Crippen molar-refractivity contribution in [2.24, 2.45) is 11.8 Å². The van der Waals surface area contributed by atoms with Crippen LogP contribution in [0.25, 0.3) is 0 Å². The van der Waals surface area contributed by atoms with Gasteiger partial charge in [0.05, 0.1) is 6.10 Å². The topological polar surface area (TPSA) is 27.7 Å². The molecule has 0 aliphatic rings. The Balaban J connectivity index is 4.27. The van der Waals surface area contributed by atoms with Gasteiger partial charge in [0.25, 0.3) is 0 Å². The summed E-state index contributed by atoms with van der Waals surface area (Å²) in [6, 6.07) is 0. The second kappa shape index (κ2) is 17.3. The Labute approximate surface area is 197 Å². The maximum Gasteiger partial charge on any atom is 0.352 e. The Morgan fingerprint density at radius 1 is 0.677 bits per heavy atom. The molecule has 0 aliphatic carbocycles. The number of hydrogen-bond acceptors (Lipinski definition) is 3. The number of rotatable bonds is 21. The van der Waals surface area contributed by atoms with Gasteiger partial charge in [0.2, 0.25) is 0 Å². The third kappa shape index (κ3) is 14.5. The van der Waals surface area contributed by atoms with E-state index in [9.17, 15) is 0 Å². The van der Waals surface area contributed by atoms with Crippen LogP contribution in [0.15, 0.2) is 24.6 Å². The molecule has 0 aliphatic heterocycles. The Kier molecular flexibility index (Phi) is 17.2. The molecule has 0 saturated heterocycles. The summed E-state index contributed by atoms with van der Waals surface area (Å²) >= 11 is 0. The maximum absolute atomic E-state index is 6.55. The van der Waals surface area contributed by atoms with Crippen LogP contribution < -0.4 is 0 Å². The molecule has 0 rings (SSSR count). The number of unbranched alkanes of at least 4 members (excludes halogenated alkanes) is 10. The smallest absolute Gasteiger partial charge is 0.352 e. The van der Waals surface area contributed by atoms with Gasteiger partial charge in [-0.15, -0.1) is 13.2 Å². The molecule has 0 saturated carbocycles. The minimum Gasteiger partial charge on any atom is -0.409 e. The van der Waals surface area contributed by atoms with Crippen molar-refractivity contribution in [1.82, 2.24) is 0 Å². The van der Waals surface area contributed by atoms with E-state index in [2.05, 4.69) is 60.9 Å². The maximum atomic E-state index is 6.55. The van der Waals surface area contributed by atoms with Crippen LogP contribution in [0.2, 0.25) is 13.1 Å². The molecule has 0 bridgehead atoms. The Hall–Kier alpha value is -0.206. The molecule has 0 aromatic heterocycles. The highest BCUT2D eigenvalue weighted by Crippen LogP contribution is 2.26. The van der Waals surface area contributed by atoms with Gasteiger partial charge in [-0.1, -0.05) is 110 Å². The standard InChI is InChI=1S/C26H54O3Si2/c1-10-13-14-15-16-17-18-19-20-21-22-23-27-30(8,11-2)29-31(9,12-3)28-26(24(4)5)25(6)7/h11-12,24-26H,2-3,10,13-23H2,1,4-9H3. The van der Waals surface area contributed by atoms with Gasteiger partial charge in [0, 0.05) is 6.61 Å². The normalized spacial score (nSPS) is 15.9. The summed E-state index contributed by atoms with van der Waals surface area (Å²) in [5.74, 6) is 0.869. The molecule has 0 fully saturated rings. The average molecular weight is 471 g/mol. The summed E-state index contributed by atoms with van der Waals surface area (Å²) in [5, 5.41) is 0. The van der Waals surface area contributed by atoms with Crippen LogP contribution in [-0.4, -0.2) is 29.8 Å². The molecule has 0 aromatic rings. The molecule has 3 nitrogen and oxygen atoms in total. The van der Waals surface area contributed by atoms with E-state index in [1.807, 2.05) is 11.4 Å². The molecule has 5 heteroatoms. The fraction of sp³-hybridized carbons (Fsp3) is 0.846. The molecule has 31 heavy (non-hydrogen) atoms. The van der Waals surface area contributed by atoms with E-state index in [1.54, 1.807) is 0 Å². The summed E-state index contributed by atoms with van der Waals surface area (Å²) in [6.45, 7) is 24.0. The molecule has 0 spiro atoms. The quantitative estimate of drug-likeness (QED) is 0.124. The van der Waals surface area contributed by atoms with Gasteiger partial charge >= 0.3 is 17.1 Å². The predicted octanol–water partition coefficient (Wildman–Crippen LogP) is 8.62. The van der Waals surface area contributed by atoms with E-state index in [0.717, 1.165) is 13.0 Å². The molecule has 0 aromatic carbocycles. The van der Waals surface area contributed by atoms with E-state index in [-0.39, 0.29) is 6.10 Å². The highest BCUT2D eigenvalue weighted by molar-refractivity contribution is 6.84. The third-order valence-electron chi connectivity index (χ3n) is 5.97. The molecular weight excluding hydrogens is 416 g/mol. The summed E-state index contributed by atoms with van der Waals surface area (Å²) in [5.41, 5.74) is 3.79. The van der Waals surface area contributed by atoms with E-state index < -0.39 is 17.1 Å². The van der Waals surface area contributed by atoms with Gasteiger partial charge in [-0.05, 0) is 31.4 Å². The van der Waals surface area contributed by atoms with Gasteiger partial charge in [-0.2, -0.15) is 0 Å². The first kappa shape index (κ1) is 30.8. The zero-order valence-corrected chi connectivity index (χ0v) is 24.0. The minimum absolute atomic E-state index is 0.157. The predicted molar refractivity (Wildman–Crippen MR) is 142 cm³/mol. The van der Waals surface area contributed by atoms with E-state index in [4.69, 9.17) is 13.0 Å². The monoisotopic (exact) mass is 470 g/mol. The molecule has 184 valence electrons. The van der Waals surface area contributed by atoms with Crippen molar-refractivity contribution < 1.29 is 13.0 Å². The molecular formula is C26H54O3Si2. The summed E-state index contributed by atoms with van der Waals surface area (Å²) in [7, 11) is -5.03.